The first-order chi connectivity index (χ1) is 10.1. The van der Waals surface area contributed by atoms with E-state index in [9.17, 15) is 4.79 Å². The van der Waals surface area contributed by atoms with Gasteiger partial charge < -0.3 is 9.64 Å². The molecule has 0 radical (unpaired) electrons. The van der Waals surface area contributed by atoms with Gasteiger partial charge in [0, 0.05) is 13.1 Å². The second kappa shape index (κ2) is 6.93. The SMILES string of the molecule is C=CC1=C(C(=C)C)CN(C(=O)OCc2ccccc2)CC1. The Balaban J connectivity index is 1.97. The van der Waals surface area contributed by atoms with Crippen molar-refractivity contribution < 1.29 is 9.53 Å². The van der Waals surface area contributed by atoms with Crippen LogP contribution in [0.25, 0.3) is 0 Å². The normalized spacial score (nSPS) is 14.8. The molecule has 0 aliphatic carbocycles. The van der Waals surface area contributed by atoms with E-state index >= 15 is 0 Å². The quantitative estimate of drug-likeness (QED) is 0.833. The third-order valence-corrected chi connectivity index (χ3v) is 3.61. The van der Waals surface area contributed by atoms with E-state index in [1.54, 1.807) is 4.90 Å². The Morgan fingerprint density at radius 1 is 1.38 bits per heavy atom. The van der Waals surface area contributed by atoms with Crippen LogP contribution in [0.3, 0.4) is 0 Å². The van der Waals surface area contributed by atoms with E-state index in [-0.39, 0.29) is 6.09 Å². The van der Waals surface area contributed by atoms with Gasteiger partial charge >= 0.3 is 6.09 Å². The highest BCUT2D eigenvalue weighted by molar-refractivity contribution is 5.69. The standard InChI is InChI=1S/C18H21NO2/c1-4-16-10-11-19(12-17(16)14(2)3)18(20)21-13-15-8-6-5-7-9-15/h4-9H,1-2,10-13H2,3H3. The number of ether oxygens (including phenoxy) is 1. The second-order valence-corrected chi connectivity index (χ2v) is 5.20. The zero-order chi connectivity index (χ0) is 15.2. The number of carbonyl (C=O) groups excluding carboxylic acids is 1. The van der Waals surface area contributed by atoms with Crippen LogP contribution in [0.2, 0.25) is 0 Å². The summed E-state index contributed by atoms with van der Waals surface area (Å²) in [6.45, 7) is 11.3. The largest absolute Gasteiger partial charge is 0.445 e. The molecular formula is C18H21NO2. The molecule has 0 bridgehead atoms. The van der Waals surface area contributed by atoms with Crippen LogP contribution in [0.1, 0.15) is 18.9 Å². The van der Waals surface area contributed by atoms with Crippen molar-refractivity contribution in [2.24, 2.45) is 0 Å². The molecule has 0 spiro atoms. The van der Waals surface area contributed by atoms with Gasteiger partial charge in [-0.3, -0.25) is 0 Å². The third kappa shape index (κ3) is 3.85. The minimum absolute atomic E-state index is 0.277. The van der Waals surface area contributed by atoms with E-state index < -0.39 is 0 Å². The fraction of sp³-hybridized carbons (Fsp3) is 0.278. The smallest absolute Gasteiger partial charge is 0.410 e. The van der Waals surface area contributed by atoms with E-state index in [2.05, 4.69) is 13.2 Å². The van der Waals surface area contributed by atoms with Crippen LogP contribution in [0.5, 0.6) is 0 Å². The van der Waals surface area contributed by atoms with Crippen LogP contribution in [0, 0.1) is 0 Å². The van der Waals surface area contributed by atoms with E-state index in [4.69, 9.17) is 4.74 Å². The Morgan fingerprint density at radius 2 is 2.10 bits per heavy atom. The van der Waals surface area contributed by atoms with Crippen molar-refractivity contribution in [3.8, 4) is 0 Å². The predicted molar refractivity (Wildman–Crippen MR) is 84.9 cm³/mol. The van der Waals surface area contributed by atoms with Crippen molar-refractivity contribution in [2.75, 3.05) is 13.1 Å². The molecule has 0 unspecified atom stereocenters. The number of allylic oxidation sites excluding steroid dienone is 1. The van der Waals surface area contributed by atoms with Gasteiger partial charge in [-0.25, -0.2) is 4.79 Å². The Hall–Kier alpha value is -2.29. The van der Waals surface area contributed by atoms with Gasteiger partial charge in [0.15, 0.2) is 0 Å². The summed E-state index contributed by atoms with van der Waals surface area (Å²) in [6, 6.07) is 9.69. The number of nitrogens with zero attached hydrogens (tertiary/aromatic N) is 1. The Bertz CT molecular complexity index is 572. The van der Waals surface area contributed by atoms with Gasteiger partial charge in [0.1, 0.15) is 6.61 Å². The maximum atomic E-state index is 12.2. The number of carbonyl (C=O) groups is 1. The molecule has 1 heterocycles. The summed E-state index contributed by atoms with van der Waals surface area (Å²) in [5.41, 5.74) is 4.23. The average Bonchev–Trinajstić information content (AvgIpc) is 2.52. The van der Waals surface area contributed by atoms with Crippen molar-refractivity contribution in [1.82, 2.24) is 4.90 Å². The average molecular weight is 283 g/mol. The molecule has 0 fully saturated rings. The summed E-state index contributed by atoms with van der Waals surface area (Å²) < 4.78 is 5.37. The highest BCUT2D eigenvalue weighted by Crippen LogP contribution is 2.24. The molecule has 110 valence electrons. The summed E-state index contributed by atoms with van der Waals surface area (Å²) in [5.74, 6) is 0. The topological polar surface area (TPSA) is 29.5 Å². The molecule has 0 atom stereocenters. The van der Waals surface area contributed by atoms with E-state index in [1.165, 1.54) is 5.57 Å². The van der Waals surface area contributed by atoms with E-state index in [1.807, 2.05) is 43.3 Å². The van der Waals surface area contributed by atoms with Gasteiger partial charge in [0.25, 0.3) is 0 Å². The molecule has 1 amide bonds. The molecule has 2 rings (SSSR count). The summed E-state index contributed by atoms with van der Waals surface area (Å²) in [5, 5.41) is 0. The lowest BCUT2D eigenvalue weighted by Crippen LogP contribution is -2.37. The molecule has 1 aromatic rings. The Labute approximate surface area is 126 Å². The van der Waals surface area contributed by atoms with Gasteiger partial charge in [-0.15, -0.1) is 0 Å². The van der Waals surface area contributed by atoms with Crippen molar-refractivity contribution in [3.63, 3.8) is 0 Å². The van der Waals surface area contributed by atoms with Crippen molar-refractivity contribution in [2.45, 2.75) is 20.0 Å². The van der Waals surface area contributed by atoms with Gasteiger partial charge in [-0.2, -0.15) is 0 Å². The number of hydrogen-bond acceptors (Lipinski definition) is 2. The fourth-order valence-electron chi connectivity index (χ4n) is 2.38. The van der Waals surface area contributed by atoms with E-state index in [0.29, 0.717) is 19.7 Å². The van der Waals surface area contributed by atoms with Crippen LogP contribution < -0.4 is 0 Å². The molecule has 1 aliphatic heterocycles. The minimum atomic E-state index is -0.277. The van der Waals surface area contributed by atoms with Gasteiger partial charge in [-0.1, -0.05) is 55.1 Å². The lowest BCUT2D eigenvalue weighted by atomic mass is 9.96. The summed E-state index contributed by atoms with van der Waals surface area (Å²) >= 11 is 0. The molecule has 1 aromatic carbocycles. The van der Waals surface area contributed by atoms with Crippen LogP contribution in [-0.4, -0.2) is 24.1 Å². The van der Waals surface area contributed by atoms with Crippen LogP contribution in [0.4, 0.5) is 4.79 Å². The summed E-state index contributed by atoms with van der Waals surface area (Å²) in [7, 11) is 0. The Morgan fingerprint density at radius 3 is 2.71 bits per heavy atom. The molecule has 0 saturated carbocycles. The first-order valence-electron chi connectivity index (χ1n) is 7.07. The number of hydrogen-bond donors (Lipinski definition) is 0. The van der Waals surface area contributed by atoms with Crippen LogP contribution >= 0.6 is 0 Å². The zero-order valence-corrected chi connectivity index (χ0v) is 12.5. The molecule has 0 aromatic heterocycles. The monoisotopic (exact) mass is 283 g/mol. The zero-order valence-electron chi connectivity index (χ0n) is 12.5. The van der Waals surface area contributed by atoms with Crippen LogP contribution in [0.15, 0.2) is 66.3 Å². The Kier molecular flexibility index (Phi) is 4.99. The van der Waals surface area contributed by atoms with Crippen molar-refractivity contribution in [3.05, 3.63) is 71.8 Å². The first kappa shape index (κ1) is 15.1. The maximum absolute atomic E-state index is 12.2. The van der Waals surface area contributed by atoms with Gasteiger partial charge in [0.2, 0.25) is 0 Å². The molecule has 3 heteroatoms. The lowest BCUT2D eigenvalue weighted by molar-refractivity contribution is 0.0982. The molecule has 0 saturated heterocycles. The third-order valence-electron chi connectivity index (χ3n) is 3.61. The van der Waals surface area contributed by atoms with E-state index in [0.717, 1.165) is 23.1 Å². The van der Waals surface area contributed by atoms with Gasteiger partial charge in [0.05, 0.1) is 0 Å². The highest BCUT2D eigenvalue weighted by atomic mass is 16.6. The molecule has 21 heavy (non-hydrogen) atoms. The maximum Gasteiger partial charge on any atom is 0.410 e. The van der Waals surface area contributed by atoms with Gasteiger partial charge in [-0.05, 0) is 30.1 Å². The van der Waals surface area contributed by atoms with Crippen molar-refractivity contribution >= 4 is 6.09 Å². The first-order valence-corrected chi connectivity index (χ1v) is 7.07. The molecule has 0 N–H and O–H groups in total. The second-order valence-electron chi connectivity index (χ2n) is 5.20. The minimum Gasteiger partial charge on any atom is -0.445 e. The fourth-order valence-corrected chi connectivity index (χ4v) is 2.38. The summed E-state index contributed by atoms with van der Waals surface area (Å²) in [6.07, 6.45) is 2.38. The molecule has 1 aliphatic rings. The van der Waals surface area contributed by atoms with Crippen molar-refractivity contribution in [1.29, 1.82) is 0 Å². The lowest BCUT2D eigenvalue weighted by Gasteiger charge is -2.29. The molecular weight excluding hydrogens is 262 g/mol. The number of benzene rings is 1. The highest BCUT2D eigenvalue weighted by Gasteiger charge is 2.22. The van der Waals surface area contributed by atoms with Crippen LogP contribution in [-0.2, 0) is 11.3 Å². The number of amides is 1. The molecule has 3 nitrogen and oxygen atoms in total. The summed E-state index contributed by atoms with van der Waals surface area (Å²) in [4.78, 5) is 13.9. The number of rotatable bonds is 4. The predicted octanol–water partition coefficient (Wildman–Crippen LogP) is 4.09.